The van der Waals surface area contributed by atoms with Gasteiger partial charge in [-0.25, -0.2) is 14.2 Å². The van der Waals surface area contributed by atoms with Crippen LogP contribution in [0.15, 0.2) is 60.9 Å². The molecule has 0 saturated heterocycles. The number of ether oxygens (including phenoxy) is 1. The summed E-state index contributed by atoms with van der Waals surface area (Å²) in [7, 11) is 1.81. The maximum Gasteiger partial charge on any atom is 0.339 e. The highest BCUT2D eigenvalue weighted by molar-refractivity contribution is 5.95. The van der Waals surface area contributed by atoms with E-state index in [9.17, 15) is 14.0 Å². The average molecular weight is 379 g/mol. The summed E-state index contributed by atoms with van der Waals surface area (Å²) in [6, 6.07) is 12.3. The molecule has 28 heavy (non-hydrogen) atoms. The van der Waals surface area contributed by atoms with E-state index in [0.717, 1.165) is 5.56 Å². The van der Waals surface area contributed by atoms with Crippen LogP contribution in [0.25, 0.3) is 0 Å². The van der Waals surface area contributed by atoms with E-state index in [2.05, 4.69) is 10.3 Å². The number of hydrogen-bond donors (Lipinski definition) is 1. The fourth-order valence-electron chi connectivity index (χ4n) is 3.32. The maximum absolute atomic E-state index is 13.3. The van der Waals surface area contributed by atoms with Gasteiger partial charge in [0.25, 0.3) is 5.91 Å². The van der Waals surface area contributed by atoms with Gasteiger partial charge in [-0.15, -0.1) is 0 Å². The quantitative estimate of drug-likeness (QED) is 0.707. The van der Waals surface area contributed by atoms with Gasteiger partial charge in [-0.2, -0.15) is 0 Å². The number of halogens is 1. The van der Waals surface area contributed by atoms with Crippen molar-refractivity contribution in [3.05, 3.63) is 89.3 Å². The fourth-order valence-corrected chi connectivity index (χ4v) is 3.32. The highest BCUT2D eigenvalue weighted by atomic mass is 19.1. The van der Waals surface area contributed by atoms with Gasteiger partial charge in [0, 0.05) is 25.9 Å². The van der Waals surface area contributed by atoms with Crippen LogP contribution in [-0.2, 0) is 23.0 Å². The molecule has 2 heterocycles. The van der Waals surface area contributed by atoms with E-state index >= 15 is 0 Å². The summed E-state index contributed by atoms with van der Waals surface area (Å²) < 4.78 is 20.5. The third-order valence-electron chi connectivity index (χ3n) is 4.79. The SMILES string of the molecule is Cn1ccnc1[C@@H](NC(=O)[C@H]1Cc2ccccc2C(=O)O1)c1ccc(F)cc1. The van der Waals surface area contributed by atoms with Crippen molar-refractivity contribution in [2.75, 3.05) is 0 Å². The Kier molecular flexibility index (Phi) is 4.65. The Bertz CT molecular complexity index is 1030. The molecule has 6 nitrogen and oxygen atoms in total. The molecule has 1 aliphatic heterocycles. The molecule has 0 bridgehead atoms. The van der Waals surface area contributed by atoms with Crippen LogP contribution in [0.4, 0.5) is 4.39 Å². The number of nitrogens with one attached hydrogen (secondary N) is 1. The third-order valence-corrected chi connectivity index (χ3v) is 4.79. The van der Waals surface area contributed by atoms with E-state index in [1.165, 1.54) is 12.1 Å². The first kappa shape index (κ1) is 17.9. The third kappa shape index (κ3) is 3.38. The molecule has 0 spiro atoms. The lowest BCUT2D eigenvalue weighted by molar-refractivity contribution is -0.130. The van der Waals surface area contributed by atoms with Crippen molar-refractivity contribution in [1.82, 2.24) is 14.9 Å². The maximum atomic E-state index is 13.3. The first-order valence-electron chi connectivity index (χ1n) is 8.85. The molecular weight excluding hydrogens is 361 g/mol. The van der Waals surface area contributed by atoms with Crippen molar-refractivity contribution in [1.29, 1.82) is 0 Å². The summed E-state index contributed by atoms with van der Waals surface area (Å²) >= 11 is 0. The Labute approximate surface area is 161 Å². The van der Waals surface area contributed by atoms with Crippen LogP contribution in [0.3, 0.4) is 0 Å². The lowest BCUT2D eigenvalue weighted by atomic mass is 9.97. The summed E-state index contributed by atoms with van der Waals surface area (Å²) in [6.07, 6.45) is 2.74. The van der Waals surface area contributed by atoms with Crippen LogP contribution >= 0.6 is 0 Å². The standard InChI is InChI=1S/C21H18FN3O3/c1-25-11-10-23-19(25)18(13-6-8-15(22)9-7-13)24-20(26)17-12-14-4-2-3-5-16(14)21(27)28-17/h2-11,17-18H,12H2,1H3,(H,24,26)/t17-,18+/m1/s1. The van der Waals surface area contributed by atoms with Crippen LogP contribution in [0.2, 0.25) is 0 Å². The minimum atomic E-state index is -0.939. The summed E-state index contributed by atoms with van der Waals surface area (Å²) in [5.74, 6) is -0.730. The Morgan fingerprint density at radius 2 is 2.00 bits per heavy atom. The first-order chi connectivity index (χ1) is 13.5. The predicted molar refractivity (Wildman–Crippen MR) is 98.9 cm³/mol. The topological polar surface area (TPSA) is 73.2 Å². The summed E-state index contributed by atoms with van der Waals surface area (Å²) in [4.78, 5) is 29.4. The zero-order valence-electron chi connectivity index (χ0n) is 15.1. The van der Waals surface area contributed by atoms with E-state index in [-0.39, 0.29) is 5.82 Å². The van der Waals surface area contributed by atoms with Crippen molar-refractivity contribution in [2.24, 2.45) is 7.05 Å². The summed E-state index contributed by atoms with van der Waals surface area (Å²) in [5, 5.41) is 2.90. The Balaban J connectivity index is 1.60. The largest absolute Gasteiger partial charge is 0.448 e. The summed E-state index contributed by atoms with van der Waals surface area (Å²) in [5.41, 5.74) is 1.92. The number of aryl methyl sites for hydroxylation is 1. The molecule has 1 aromatic heterocycles. The van der Waals surface area contributed by atoms with Crippen LogP contribution in [-0.4, -0.2) is 27.5 Å². The fraction of sp³-hybridized carbons (Fsp3) is 0.190. The molecule has 0 saturated carbocycles. The van der Waals surface area contributed by atoms with Crippen LogP contribution in [0.5, 0.6) is 0 Å². The number of hydrogen-bond acceptors (Lipinski definition) is 4. The lowest BCUT2D eigenvalue weighted by Gasteiger charge is -2.26. The number of aromatic nitrogens is 2. The monoisotopic (exact) mass is 379 g/mol. The minimum Gasteiger partial charge on any atom is -0.448 e. The smallest absolute Gasteiger partial charge is 0.339 e. The number of fused-ring (bicyclic) bond motifs is 1. The van der Waals surface area contributed by atoms with Crippen LogP contribution in [0.1, 0.15) is 33.4 Å². The molecule has 1 aliphatic rings. The second-order valence-electron chi connectivity index (χ2n) is 6.64. The predicted octanol–water partition coefficient (Wildman–Crippen LogP) is 2.55. The van der Waals surface area contributed by atoms with Crippen LogP contribution in [0, 0.1) is 5.82 Å². The molecule has 1 amide bonds. The van der Waals surface area contributed by atoms with Gasteiger partial charge in [0.05, 0.1) is 5.56 Å². The van der Waals surface area contributed by atoms with Gasteiger partial charge in [-0.1, -0.05) is 30.3 Å². The number of benzene rings is 2. The van der Waals surface area contributed by atoms with Crippen molar-refractivity contribution >= 4 is 11.9 Å². The molecular formula is C21H18FN3O3. The van der Waals surface area contributed by atoms with E-state index in [0.29, 0.717) is 23.4 Å². The normalized spacial score (nSPS) is 16.8. The zero-order valence-corrected chi connectivity index (χ0v) is 15.1. The number of esters is 1. The van der Waals surface area contributed by atoms with E-state index < -0.39 is 24.0 Å². The molecule has 0 aliphatic carbocycles. The van der Waals surface area contributed by atoms with Gasteiger partial charge in [-0.3, -0.25) is 4.79 Å². The molecule has 2 atom stereocenters. The molecule has 142 valence electrons. The van der Waals surface area contributed by atoms with Crippen molar-refractivity contribution in [2.45, 2.75) is 18.6 Å². The Morgan fingerprint density at radius 3 is 2.71 bits per heavy atom. The van der Waals surface area contributed by atoms with Gasteiger partial charge < -0.3 is 14.6 Å². The second-order valence-corrected chi connectivity index (χ2v) is 6.64. The highest BCUT2D eigenvalue weighted by Gasteiger charge is 2.33. The first-order valence-corrected chi connectivity index (χ1v) is 8.85. The van der Waals surface area contributed by atoms with E-state index in [1.54, 1.807) is 41.2 Å². The van der Waals surface area contributed by atoms with Crippen molar-refractivity contribution in [3.8, 4) is 0 Å². The van der Waals surface area contributed by atoms with Gasteiger partial charge in [-0.05, 0) is 29.3 Å². The second kappa shape index (κ2) is 7.26. The average Bonchev–Trinajstić information content (AvgIpc) is 3.12. The molecule has 0 fully saturated rings. The van der Waals surface area contributed by atoms with Gasteiger partial charge >= 0.3 is 5.97 Å². The lowest BCUT2D eigenvalue weighted by Crippen LogP contribution is -2.43. The number of carbonyl (C=O) groups is 2. The number of amides is 1. The van der Waals surface area contributed by atoms with Gasteiger partial charge in [0.2, 0.25) is 0 Å². The van der Waals surface area contributed by atoms with Crippen molar-refractivity contribution < 1.29 is 18.7 Å². The molecule has 4 rings (SSSR count). The summed E-state index contributed by atoms with van der Waals surface area (Å²) in [6.45, 7) is 0. The van der Waals surface area contributed by atoms with E-state index in [4.69, 9.17) is 4.74 Å². The minimum absolute atomic E-state index is 0.296. The molecule has 0 unspecified atom stereocenters. The Morgan fingerprint density at radius 1 is 1.25 bits per heavy atom. The molecule has 2 aromatic carbocycles. The molecule has 3 aromatic rings. The number of nitrogens with zero attached hydrogens (tertiary/aromatic N) is 2. The molecule has 7 heteroatoms. The number of rotatable bonds is 4. The Hall–Kier alpha value is -3.48. The van der Waals surface area contributed by atoms with Crippen molar-refractivity contribution in [3.63, 3.8) is 0 Å². The number of cyclic esters (lactones) is 1. The number of imidazole rings is 1. The number of carbonyl (C=O) groups excluding carboxylic acids is 2. The molecule has 1 N–H and O–H groups in total. The van der Waals surface area contributed by atoms with Crippen LogP contribution < -0.4 is 5.32 Å². The van der Waals surface area contributed by atoms with E-state index in [1.807, 2.05) is 19.2 Å². The highest BCUT2D eigenvalue weighted by Crippen LogP contribution is 2.24. The van der Waals surface area contributed by atoms with Gasteiger partial charge in [0.15, 0.2) is 6.10 Å². The zero-order chi connectivity index (χ0) is 19.7. The van der Waals surface area contributed by atoms with Gasteiger partial charge in [0.1, 0.15) is 17.7 Å². The molecule has 0 radical (unpaired) electrons.